The smallest absolute Gasteiger partial charge is 0.325 e. The molecule has 1 atom stereocenters. The van der Waals surface area contributed by atoms with E-state index in [9.17, 15) is 14.4 Å². The molecule has 2 aliphatic heterocycles. The molecule has 1 N–H and O–H groups in total. The molecule has 3 amide bonds. The van der Waals surface area contributed by atoms with Crippen LogP contribution in [0.1, 0.15) is 26.2 Å². The zero-order chi connectivity index (χ0) is 14.7. The van der Waals surface area contributed by atoms with E-state index in [1.165, 1.54) is 12.0 Å². The Balaban J connectivity index is 1.90. The Bertz CT molecular complexity index is 404. The number of esters is 1. The largest absolute Gasteiger partial charge is 0.469 e. The third kappa shape index (κ3) is 3.27. The molecule has 0 aliphatic carbocycles. The van der Waals surface area contributed by atoms with Crippen LogP contribution in [0.4, 0.5) is 4.79 Å². The van der Waals surface area contributed by atoms with Crippen molar-refractivity contribution >= 4 is 17.9 Å². The van der Waals surface area contributed by atoms with E-state index >= 15 is 0 Å². The second kappa shape index (κ2) is 6.21. The maximum absolute atomic E-state index is 12.1. The van der Waals surface area contributed by atoms with Crippen molar-refractivity contribution in [2.75, 3.05) is 26.9 Å². The zero-order valence-electron chi connectivity index (χ0n) is 11.9. The van der Waals surface area contributed by atoms with Crippen molar-refractivity contribution in [3.05, 3.63) is 0 Å². The fourth-order valence-corrected chi connectivity index (χ4v) is 2.50. The number of amides is 3. The molecule has 0 spiro atoms. The van der Waals surface area contributed by atoms with Crippen molar-refractivity contribution in [3.63, 3.8) is 0 Å². The Morgan fingerprint density at radius 1 is 1.35 bits per heavy atom. The van der Waals surface area contributed by atoms with E-state index in [2.05, 4.69) is 21.9 Å². The van der Waals surface area contributed by atoms with Crippen LogP contribution in [0.5, 0.6) is 0 Å². The summed E-state index contributed by atoms with van der Waals surface area (Å²) in [6, 6.07) is -1.22. The van der Waals surface area contributed by atoms with Crippen LogP contribution in [0, 0.1) is 5.92 Å². The highest BCUT2D eigenvalue weighted by Crippen LogP contribution is 2.18. The number of imide groups is 1. The molecule has 2 heterocycles. The first-order chi connectivity index (χ1) is 9.51. The van der Waals surface area contributed by atoms with Crippen LogP contribution in [-0.2, 0) is 14.3 Å². The Morgan fingerprint density at radius 3 is 2.60 bits per heavy atom. The SMILES string of the molecule is COC(=O)CC1NC(=O)N(CN2CCC(C)CC2)C1=O. The molecule has 20 heavy (non-hydrogen) atoms. The van der Waals surface area contributed by atoms with Gasteiger partial charge >= 0.3 is 12.0 Å². The fraction of sp³-hybridized carbons (Fsp3) is 0.769. The fourth-order valence-electron chi connectivity index (χ4n) is 2.50. The Kier molecular flexibility index (Phi) is 4.59. The molecular formula is C13H21N3O4. The van der Waals surface area contributed by atoms with Gasteiger partial charge < -0.3 is 10.1 Å². The highest BCUT2D eigenvalue weighted by atomic mass is 16.5. The zero-order valence-corrected chi connectivity index (χ0v) is 11.9. The third-order valence-corrected chi connectivity index (χ3v) is 3.92. The molecule has 112 valence electrons. The van der Waals surface area contributed by atoms with Gasteiger partial charge in [0.25, 0.3) is 5.91 Å². The molecule has 2 saturated heterocycles. The van der Waals surface area contributed by atoms with Crippen molar-refractivity contribution in [2.24, 2.45) is 5.92 Å². The first kappa shape index (κ1) is 14.8. The maximum atomic E-state index is 12.1. The van der Waals surface area contributed by atoms with Crippen LogP contribution in [0.2, 0.25) is 0 Å². The number of rotatable bonds is 4. The number of hydrogen-bond acceptors (Lipinski definition) is 5. The van der Waals surface area contributed by atoms with Crippen molar-refractivity contribution < 1.29 is 19.1 Å². The summed E-state index contributed by atoms with van der Waals surface area (Å²) in [7, 11) is 1.26. The minimum Gasteiger partial charge on any atom is -0.469 e. The van der Waals surface area contributed by atoms with E-state index in [-0.39, 0.29) is 12.3 Å². The first-order valence-electron chi connectivity index (χ1n) is 6.92. The van der Waals surface area contributed by atoms with E-state index in [0.717, 1.165) is 25.9 Å². The molecule has 0 aromatic heterocycles. The summed E-state index contributed by atoms with van der Waals surface area (Å²) in [5.74, 6) is -0.155. The van der Waals surface area contributed by atoms with Gasteiger partial charge in [0.2, 0.25) is 0 Å². The summed E-state index contributed by atoms with van der Waals surface area (Å²) in [6.07, 6.45) is 2.04. The summed E-state index contributed by atoms with van der Waals surface area (Å²) >= 11 is 0. The quantitative estimate of drug-likeness (QED) is 0.587. The molecule has 7 heteroatoms. The van der Waals surface area contributed by atoms with E-state index in [4.69, 9.17) is 0 Å². The highest BCUT2D eigenvalue weighted by Gasteiger charge is 2.40. The minimum absolute atomic E-state index is 0.116. The second-order valence-corrected chi connectivity index (χ2v) is 5.49. The Hall–Kier alpha value is -1.63. The van der Waals surface area contributed by atoms with Gasteiger partial charge in [-0.15, -0.1) is 0 Å². The van der Waals surface area contributed by atoms with Gasteiger partial charge in [0.1, 0.15) is 6.04 Å². The average Bonchev–Trinajstić information content (AvgIpc) is 2.68. The summed E-state index contributed by atoms with van der Waals surface area (Å²) in [6.45, 7) is 4.28. The van der Waals surface area contributed by atoms with Gasteiger partial charge in [-0.25, -0.2) is 9.69 Å². The molecule has 0 radical (unpaired) electrons. The lowest BCUT2D eigenvalue weighted by Crippen LogP contribution is -2.45. The van der Waals surface area contributed by atoms with Gasteiger partial charge in [-0.3, -0.25) is 14.5 Å². The molecule has 7 nitrogen and oxygen atoms in total. The molecule has 1 unspecified atom stereocenters. The Labute approximate surface area is 118 Å². The number of nitrogens with one attached hydrogen (secondary N) is 1. The van der Waals surface area contributed by atoms with Crippen molar-refractivity contribution in [2.45, 2.75) is 32.2 Å². The van der Waals surface area contributed by atoms with E-state index < -0.39 is 18.0 Å². The predicted octanol–water partition coefficient (Wildman–Crippen LogP) is 0.159. The molecule has 0 aromatic rings. The predicted molar refractivity (Wildman–Crippen MR) is 70.6 cm³/mol. The number of carbonyl (C=O) groups excluding carboxylic acids is 3. The molecule has 0 aromatic carbocycles. The monoisotopic (exact) mass is 283 g/mol. The van der Waals surface area contributed by atoms with Crippen LogP contribution in [0.25, 0.3) is 0 Å². The van der Waals surface area contributed by atoms with Crippen molar-refractivity contribution in [1.29, 1.82) is 0 Å². The van der Waals surface area contributed by atoms with Gasteiger partial charge in [0.15, 0.2) is 0 Å². The molecule has 2 fully saturated rings. The number of ether oxygens (including phenoxy) is 1. The van der Waals surface area contributed by atoms with Crippen LogP contribution in [0.3, 0.4) is 0 Å². The van der Waals surface area contributed by atoms with E-state index in [0.29, 0.717) is 12.6 Å². The normalized spacial score (nSPS) is 24.9. The number of hydrogen-bond donors (Lipinski definition) is 1. The number of carbonyl (C=O) groups is 3. The lowest BCUT2D eigenvalue weighted by atomic mass is 10.00. The topological polar surface area (TPSA) is 79.0 Å². The van der Waals surface area contributed by atoms with Gasteiger partial charge in [-0.2, -0.15) is 0 Å². The van der Waals surface area contributed by atoms with Gasteiger partial charge in [-0.05, 0) is 18.8 Å². The maximum Gasteiger partial charge on any atom is 0.325 e. The lowest BCUT2D eigenvalue weighted by Gasteiger charge is -2.32. The number of methoxy groups -OCH3 is 1. The first-order valence-corrected chi connectivity index (χ1v) is 6.92. The third-order valence-electron chi connectivity index (χ3n) is 3.92. The van der Waals surface area contributed by atoms with Gasteiger partial charge in [-0.1, -0.05) is 6.92 Å². The summed E-state index contributed by atoms with van der Waals surface area (Å²) in [5.41, 5.74) is 0. The second-order valence-electron chi connectivity index (χ2n) is 5.49. The van der Waals surface area contributed by atoms with Crippen LogP contribution < -0.4 is 5.32 Å². The van der Waals surface area contributed by atoms with Crippen LogP contribution in [-0.4, -0.2) is 60.6 Å². The summed E-state index contributed by atoms with van der Waals surface area (Å²) in [5, 5.41) is 2.53. The lowest BCUT2D eigenvalue weighted by molar-refractivity contribution is -0.143. The molecule has 2 aliphatic rings. The highest BCUT2D eigenvalue weighted by molar-refractivity contribution is 6.05. The number of urea groups is 1. The molecular weight excluding hydrogens is 262 g/mol. The summed E-state index contributed by atoms with van der Waals surface area (Å²) in [4.78, 5) is 38.4. The summed E-state index contributed by atoms with van der Waals surface area (Å²) < 4.78 is 4.52. The molecule has 0 saturated carbocycles. The molecule has 0 bridgehead atoms. The minimum atomic E-state index is -0.793. The van der Waals surface area contributed by atoms with Crippen LogP contribution in [0.15, 0.2) is 0 Å². The van der Waals surface area contributed by atoms with Gasteiger partial charge in [0, 0.05) is 13.1 Å². The van der Waals surface area contributed by atoms with Crippen molar-refractivity contribution in [1.82, 2.24) is 15.1 Å². The van der Waals surface area contributed by atoms with E-state index in [1.54, 1.807) is 0 Å². The van der Waals surface area contributed by atoms with Crippen molar-refractivity contribution in [3.8, 4) is 0 Å². The van der Waals surface area contributed by atoms with E-state index in [1.807, 2.05) is 0 Å². The van der Waals surface area contributed by atoms with Gasteiger partial charge in [0.05, 0.1) is 20.2 Å². The standard InChI is InChI=1S/C13H21N3O4/c1-9-3-5-15(6-4-9)8-16-12(18)10(14-13(16)19)7-11(17)20-2/h9-10H,3-8H2,1-2H3,(H,14,19). The average molecular weight is 283 g/mol. The number of piperidine rings is 1. The number of nitrogens with zero attached hydrogens (tertiary/aromatic N) is 2. The molecule has 2 rings (SSSR count). The number of likely N-dealkylation sites (tertiary alicyclic amines) is 1. The Morgan fingerprint density at radius 2 is 2.00 bits per heavy atom. The van der Waals surface area contributed by atoms with Crippen LogP contribution >= 0.6 is 0 Å².